The number of benzene rings is 1. The predicted octanol–water partition coefficient (Wildman–Crippen LogP) is 1.05. The molecule has 1 aliphatic rings. The van der Waals surface area contributed by atoms with Crippen LogP contribution in [0.2, 0.25) is 0 Å². The first kappa shape index (κ1) is 27.1. The number of carboxylic acid groups (broad SMARTS) is 1. The monoisotopic (exact) mass is 494 g/mol. The van der Waals surface area contributed by atoms with E-state index >= 15 is 0 Å². The maximum atomic E-state index is 11.3. The van der Waals surface area contributed by atoms with Crippen molar-refractivity contribution in [2.75, 3.05) is 43.4 Å². The number of aliphatic hydroxyl groups excluding tert-OH is 3. The number of hydrogen-bond acceptors (Lipinski definition) is 8. The van der Waals surface area contributed by atoms with Gasteiger partial charge in [-0.15, -0.1) is 23.2 Å². The van der Waals surface area contributed by atoms with E-state index in [1.165, 1.54) is 12.2 Å². The van der Waals surface area contributed by atoms with Crippen molar-refractivity contribution >= 4 is 34.9 Å². The Bertz CT molecular complexity index is 691. The van der Waals surface area contributed by atoms with Crippen molar-refractivity contribution in [3.63, 3.8) is 0 Å². The maximum Gasteiger partial charge on any atom is 0.335 e. The number of carbonyl (C=O) groups is 1. The summed E-state index contributed by atoms with van der Waals surface area (Å²) in [6.07, 6.45) is -5.49. The van der Waals surface area contributed by atoms with Gasteiger partial charge in [0.25, 0.3) is 0 Å². The minimum Gasteiger partial charge on any atom is -0.479 e. The first-order valence-corrected chi connectivity index (χ1v) is 11.6. The van der Waals surface area contributed by atoms with Crippen LogP contribution in [0.5, 0.6) is 0 Å². The third-order valence-corrected chi connectivity index (χ3v) is 5.79. The van der Waals surface area contributed by atoms with Gasteiger partial charge in [0.15, 0.2) is 12.3 Å². The molecule has 0 aliphatic carbocycles. The molecule has 11 heteroatoms. The number of rotatable bonds is 13. The van der Waals surface area contributed by atoms with Gasteiger partial charge in [0.05, 0.1) is 7.11 Å². The third-order valence-electron chi connectivity index (χ3n) is 5.45. The summed E-state index contributed by atoms with van der Waals surface area (Å²) >= 11 is 11.7. The van der Waals surface area contributed by atoms with Crippen molar-refractivity contribution in [3.8, 4) is 0 Å². The lowest BCUT2D eigenvalue weighted by Gasteiger charge is -2.42. The van der Waals surface area contributed by atoms with E-state index in [0.29, 0.717) is 24.7 Å². The second-order valence-electron chi connectivity index (χ2n) is 7.57. The number of nitrogens with zero attached hydrogens (tertiary/aromatic N) is 2. The highest BCUT2D eigenvalue weighted by Gasteiger charge is 2.49. The van der Waals surface area contributed by atoms with Gasteiger partial charge in [-0.3, -0.25) is 4.84 Å². The number of aliphatic hydroxyl groups is 3. The topological polar surface area (TPSA) is 123 Å². The molecule has 1 aromatic rings. The number of aryl methyl sites for hydroxylation is 1. The summed E-state index contributed by atoms with van der Waals surface area (Å²) in [4.78, 5) is 18.7. The smallest absolute Gasteiger partial charge is 0.335 e. The Morgan fingerprint density at radius 2 is 1.62 bits per heavy atom. The van der Waals surface area contributed by atoms with Crippen LogP contribution in [-0.2, 0) is 20.8 Å². The molecule has 182 valence electrons. The molecule has 32 heavy (non-hydrogen) atoms. The van der Waals surface area contributed by atoms with Crippen LogP contribution in [0.15, 0.2) is 24.3 Å². The standard InChI is InChI=1S/C21H32Cl2N2O7/c1-31-25(20-18(28)16(26)17(27)19(32-20)21(29)30)11-3-2-4-14-5-7-15(8-6-14)24(12-9-22)13-10-23/h5-8,16-20,26-28H,2-4,9-13H2,1H3,(H,29,30)/t16-,17+,18+,19-,20?/m0/s1. The summed E-state index contributed by atoms with van der Waals surface area (Å²) in [5.41, 5.74) is 2.23. The molecule has 0 aromatic heterocycles. The molecule has 0 radical (unpaired) electrons. The fourth-order valence-corrected chi connectivity index (χ4v) is 4.08. The van der Waals surface area contributed by atoms with Crippen LogP contribution in [0.3, 0.4) is 0 Å². The zero-order chi connectivity index (χ0) is 23.7. The third kappa shape index (κ3) is 7.16. The van der Waals surface area contributed by atoms with Gasteiger partial charge in [-0.2, -0.15) is 5.06 Å². The molecule has 1 saturated heterocycles. The molecule has 5 atom stereocenters. The Kier molecular flexibility index (Phi) is 11.4. The average molecular weight is 495 g/mol. The molecular weight excluding hydrogens is 463 g/mol. The van der Waals surface area contributed by atoms with Crippen molar-refractivity contribution in [2.24, 2.45) is 0 Å². The molecule has 0 bridgehead atoms. The van der Waals surface area contributed by atoms with E-state index in [-0.39, 0.29) is 0 Å². The lowest BCUT2D eigenvalue weighted by atomic mass is 9.98. The second kappa shape index (κ2) is 13.5. The zero-order valence-corrected chi connectivity index (χ0v) is 19.5. The largest absolute Gasteiger partial charge is 0.479 e. The summed E-state index contributed by atoms with van der Waals surface area (Å²) < 4.78 is 5.30. The first-order valence-electron chi connectivity index (χ1n) is 10.5. The van der Waals surface area contributed by atoms with Crippen LogP contribution in [-0.4, -0.2) is 101 Å². The van der Waals surface area contributed by atoms with Gasteiger partial charge in [-0.05, 0) is 37.0 Å². The Hall–Kier alpha value is -1.17. The molecule has 4 N–H and O–H groups in total. The second-order valence-corrected chi connectivity index (χ2v) is 8.33. The van der Waals surface area contributed by atoms with Gasteiger partial charge < -0.3 is 30.1 Å². The molecule has 1 aliphatic heterocycles. The Balaban J connectivity index is 1.87. The van der Waals surface area contributed by atoms with E-state index in [0.717, 1.165) is 37.2 Å². The van der Waals surface area contributed by atoms with Crippen LogP contribution in [0, 0.1) is 0 Å². The highest BCUT2D eigenvalue weighted by Crippen LogP contribution is 2.25. The summed E-state index contributed by atoms with van der Waals surface area (Å²) in [6.45, 7) is 1.79. The summed E-state index contributed by atoms with van der Waals surface area (Å²) in [5.74, 6) is -0.377. The number of halogens is 2. The Morgan fingerprint density at radius 1 is 1.00 bits per heavy atom. The van der Waals surface area contributed by atoms with Crippen molar-refractivity contribution in [3.05, 3.63) is 29.8 Å². The number of alkyl halides is 2. The SMILES string of the molecule is CON(CCCCc1ccc(N(CCCl)CCCl)cc1)C1O[C@H](C(=O)O)[C@H](O)[C@H](O)[C@H]1O. The molecule has 0 amide bonds. The highest BCUT2D eigenvalue weighted by molar-refractivity contribution is 6.18. The molecule has 9 nitrogen and oxygen atoms in total. The molecule has 1 heterocycles. The van der Waals surface area contributed by atoms with Crippen LogP contribution >= 0.6 is 23.2 Å². The number of hydroxylamine groups is 2. The van der Waals surface area contributed by atoms with Crippen LogP contribution in [0.1, 0.15) is 18.4 Å². The lowest BCUT2D eigenvalue weighted by Crippen LogP contribution is -2.64. The van der Waals surface area contributed by atoms with Crippen LogP contribution in [0.4, 0.5) is 5.69 Å². The molecule has 1 fully saturated rings. The summed E-state index contributed by atoms with van der Waals surface area (Å²) in [7, 11) is 1.37. The summed E-state index contributed by atoms with van der Waals surface area (Å²) in [5, 5.41) is 40.5. The zero-order valence-electron chi connectivity index (χ0n) is 18.0. The van der Waals surface area contributed by atoms with E-state index in [1.807, 2.05) is 12.1 Å². The van der Waals surface area contributed by atoms with Crippen molar-refractivity contribution in [1.29, 1.82) is 0 Å². The van der Waals surface area contributed by atoms with Crippen molar-refractivity contribution < 1.29 is 34.8 Å². The number of unbranched alkanes of at least 4 members (excludes halogenated alkanes) is 1. The molecule has 2 rings (SSSR count). The van der Waals surface area contributed by atoms with E-state index < -0.39 is 36.6 Å². The predicted molar refractivity (Wildman–Crippen MR) is 121 cm³/mol. The number of ether oxygens (including phenoxy) is 1. The first-order chi connectivity index (χ1) is 15.3. The molecule has 1 aromatic carbocycles. The summed E-state index contributed by atoms with van der Waals surface area (Å²) in [6, 6.07) is 8.20. The van der Waals surface area contributed by atoms with Gasteiger partial charge in [-0.25, -0.2) is 4.79 Å². The number of aliphatic carboxylic acids is 1. The Morgan fingerprint density at radius 3 is 2.16 bits per heavy atom. The molecular formula is C21H32Cl2N2O7. The molecule has 0 spiro atoms. The average Bonchev–Trinajstić information content (AvgIpc) is 2.78. The fraction of sp³-hybridized carbons (Fsp3) is 0.667. The van der Waals surface area contributed by atoms with E-state index in [1.54, 1.807) is 0 Å². The van der Waals surface area contributed by atoms with Gasteiger partial charge >= 0.3 is 5.97 Å². The number of hydrogen-bond donors (Lipinski definition) is 4. The van der Waals surface area contributed by atoms with Crippen molar-refractivity contribution in [2.45, 2.75) is 49.9 Å². The molecule has 1 unspecified atom stereocenters. The molecule has 0 saturated carbocycles. The van der Waals surface area contributed by atoms with Gasteiger partial charge in [0.2, 0.25) is 0 Å². The normalized spacial score (nSPS) is 25.8. The van der Waals surface area contributed by atoms with Crippen LogP contribution in [0.25, 0.3) is 0 Å². The Labute approximate surface area is 198 Å². The quantitative estimate of drug-likeness (QED) is 0.181. The van der Waals surface area contributed by atoms with Crippen LogP contribution < -0.4 is 4.90 Å². The van der Waals surface area contributed by atoms with Crippen molar-refractivity contribution in [1.82, 2.24) is 5.06 Å². The minimum atomic E-state index is -1.73. The number of anilines is 1. The highest BCUT2D eigenvalue weighted by atomic mass is 35.5. The van der Waals surface area contributed by atoms with Gasteiger partial charge in [0.1, 0.15) is 18.3 Å². The maximum absolute atomic E-state index is 11.3. The lowest BCUT2D eigenvalue weighted by molar-refractivity contribution is -0.322. The fourth-order valence-electron chi connectivity index (χ4n) is 3.67. The van der Waals surface area contributed by atoms with E-state index in [4.69, 9.17) is 32.8 Å². The van der Waals surface area contributed by atoms with E-state index in [9.17, 15) is 25.2 Å². The van der Waals surface area contributed by atoms with E-state index in [2.05, 4.69) is 17.0 Å². The minimum absolute atomic E-state index is 0.338. The van der Waals surface area contributed by atoms with Gasteiger partial charge in [0, 0.05) is 37.1 Å². The number of carboxylic acids is 1. The van der Waals surface area contributed by atoms with Gasteiger partial charge in [-0.1, -0.05) is 12.1 Å².